The molecule has 116 valence electrons. The Bertz CT molecular complexity index is 477. The van der Waals surface area contributed by atoms with Crippen molar-refractivity contribution in [3.05, 3.63) is 35.9 Å². The molecule has 3 nitrogen and oxygen atoms in total. The van der Waals surface area contributed by atoms with Crippen LogP contribution in [0, 0.1) is 10.8 Å². The molecule has 0 radical (unpaired) electrons. The maximum atomic E-state index is 11.6. The van der Waals surface area contributed by atoms with Gasteiger partial charge in [-0.15, -0.1) is 0 Å². The van der Waals surface area contributed by atoms with Crippen LogP contribution in [0.25, 0.3) is 0 Å². The van der Waals surface area contributed by atoms with Crippen LogP contribution in [0.3, 0.4) is 0 Å². The van der Waals surface area contributed by atoms with Crippen molar-refractivity contribution in [3.8, 4) is 0 Å². The average Bonchev–Trinajstić information content (AvgIpc) is 2.33. The van der Waals surface area contributed by atoms with Gasteiger partial charge in [-0.05, 0) is 35.7 Å². The van der Waals surface area contributed by atoms with Crippen molar-refractivity contribution in [1.29, 1.82) is 0 Å². The van der Waals surface area contributed by atoms with Gasteiger partial charge in [0.15, 0.2) is 0 Å². The first kappa shape index (κ1) is 16.0. The highest BCUT2D eigenvalue weighted by Gasteiger charge is 2.39. The summed E-state index contributed by atoms with van der Waals surface area (Å²) in [4.78, 5) is 11.6. The molecule has 0 spiro atoms. The summed E-state index contributed by atoms with van der Waals surface area (Å²) in [6, 6.07) is 9.07. The van der Waals surface area contributed by atoms with Crippen LogP contribution in [-0.2, 0) is 4.79 Å². The molecule has 1 aliphatic carbocycles. The minimum atomic E-state index is -0.803. The van der Waals surface area contributed by atoms with E-state index < -0.39 is 12.0 Å². The van der Waals surface area contributed by atoms with E-state index in [1.807, 2.05) is 30.3 Å². The van der Waals surface area contributed by atoms with E-state index in [-0.39, 0.29) is 16.9 Å². The van der Waals surface area contributed by atoms with Crippen LogP contribution in [0.5, 0.6) is 0 Å². The van der Waals surface area contributed by atoms with Crippen LogP contribution in [0.2, 0.25) is 0 Å². The lowest BCUT2D eigenvalue weighted by Crippen LogP contribution is -2.46. The van der Waals surface area contributed by atoms with Crippen LogP contribution in [0.1, 0.15) is 58.6 Å². The molecule has 1 unspecified atom stereocenters. The quantitative estimate of drug-likeness (QED) is 0.880. The Hall–Kier alpha value is -1.35. The van der Waals surface area contributed by atoms with E-state index in [4.69, 9.17) is 0 Å². The highest BCUT2D eigenvalue weighted by molar-refractivity contribution is 5.75. The molecule has 3 heteroatoms. The molecule has 1 fully saturated rings. The zero-order valence-electron chi connectivity index (χ0n) is 13.5. The Labute approximate surface area is 127 Å². The Kier molecular flexibility index (Phi) is 4.43. The van der Waals surface area contributed by atoms with Crippen LogP contribution >= 0.6 is 0 Å². The summed E-state index contributed by atoms with van der Waals surface area (Å²) in [6.45, 7) is 9.11. The summed E-state index contributed by atoms with van der Waals surface area (Å²) in [6.07, 6.45) is 3.22. The molecule has 1 aromatic carbocycles. The van der Waals surface area contributed by atoms with Gasteiger partial charge in [-0.3, -0.25) is 10.1 Å². The molecule has 0 saturated heterocycles. The van der Waals surface area contributed by atoms with Crippen molar-refractivity contribution >= 4 is 5.97 Å². The highest BCUT2D eigenvalue weighted by atomic mass is 16.4. The average molecular weight is 289 g/mol. The molecule has 21 heavy (non-hydrogen) atoms. The molecule has 2 rings (SSSR count). The number of nitrogens with one attached hydrogen (secondary N) is 1. The molecule has 1 saturated carbocycles. The molecule has 1 atom stereocenters. The molecule has 0 amide bonds. The van der Waals surface area contributed by atoms with Gasteiger partial charge in [0.1, 0.15) is 6.04 Å². The number of hydrogen-bond donors (Lipinski definition) is 2. The first-order valence-electron chi connectivity index (χ1n) is 7.72. The first-order valence-corrected chi connectivity index (χ1v) is 7.72. The molecule has 0 aromatic heterocycles. The molecule has 0 aliphatic heterocycles. The van der Waals surface area contributed by atoms with Crippen molar-refractivity contribution in [3.63, 3.8) is 0 Å². The minimum Gasteiger partial charge on any atom is -0.480 e. The maximum absolute atomic E-state index is 11.6. The standard InChI is InChI=1S/C18H27NO2/c1-17(2)10-14(11-18(3,4)12-17)19-15(16(20)21)13-8-6-5-7-9-13/h5-9,14-15,19H,10-12H2,1-4H3,(H,20,21). The third kappa shape index (κ3) is 4.31. The summed E-state index contributed by atoms with van der Waals surface area (Å²) < 4.78 is 0. The van der Waals surface area contributed by atoms with E-state index in [0.29, 0.717) is 0 Å². The van der Waals surface area contributed by atoms with Crippen molar-refractivity contribution in [2.75, 3.05) is 0 Å². The fraction of sp³-hybridized carbons (Fsp3) is 0.611. The van der Waals surface area contributed by atoms with Gasteiger partial charge < -0.3 is 5.11 Å². The van der Waals surface area contributed by atoms with Gasteiger partial charge in [-0.2, -0.15) is 0 Å². The number of aliphatic carboxylic acids is 1. The normalized spacial score (nSPS) is 22.7. The second-order valence-corrected chi connectivity index (χ2v) is 7.96. The number of carboxylic acid groups (broad SMARTS) is 1. The van der Waals surface area contributed by atoms with Crippen molar-refractivity contribution < 1.29 is 9.90 Å². The Morgan fingerprint density at radius 1 is 1.14 bits per heavy atom. The minimum absolute atomic E-state index is 0.241. The fourth-order valence-corrected chi connectivity index (χ4v) is 4.16. The number of carboxylic acids is 1. The molecule has 1 aliphatic rings. The van der Waals surface area contributed by atoms with Gasteiger partial charge in [0.05, 0.1) is 0 Å². The second-order valence-electron chi connectivity index (χ2n) is 7.96. The number of hydrogen-bond acceptors (Lipinski definition) is 2. The monoisotopic (exact) mass is 289 g/mol. The van der Waals surface area contributed by atoms with Gasteiger partial charge in [0.25, 0.3) is 0 Å². The lowest BCUT2D eigenvalue weighted by atomic mass is 9.63. The zero-order chi connectivity index (χ0) is 15.7. The van der Waals surface area contributed by atoms with Gasteiger partial charge >= 0.3 is 5.97 Å². The van der Waals surface area contributed by atoms with Crippen molar-refractivity contribution in [2.24, 2.45) is 10.8 Å². The third-order valence-corrected chi connectivity index (χ3v) is 4.34. The summed E-state index contributed by atoms with van der Waals surface area (Å²) in [5, 5.41) is 12.9. The van der Waals surface area contributed by atoms with Gasteiger partial charge in [-0.1, -0.05) is 58.0 Å². The van der Waals surface area contributed by atoms with E-state index in [1.54, 1.807) is 0 Å². The molecular formula is C18H27NO2. The van der Waals surface area contributed by atoms with Crippen molar-refractivity contribution in [2.45, 2.75) is 59.0 Å². The number of benzene rings is 1. The first-order chi connectivity index (χ1) is 9.69. The predicted octanol–water partition coefficient (Wildman–Crippen LogP) is 4.01. The summed E-state index contributed by atoms with van der Waals surface area (Å²) in [5.74, 6) is -0.803. The van der Waals surface area contributed by atoms with Crippen LogP contribution in [-0.4, -0.2) is 17.1 Å². The smallest absolute Gasteiger partial charge is 0.325 e. The van der Waals surface area contributed by atoms with E-state index in [1.165, 1.54) is 6.42 Å². The fourth-order valence-electron chi connectivity index (χ4n) is 4.16. The predicted molar refractivity (Wildman–Crippen MR) is 85.2 cm³/mol. The van der Waals surface area contributed by atoms with E-state index in [0.717, 1.165) is 18.4 Å². The maximum Gasteiger partial charge on any atom is 0.325 e. The second kappa shape index (κ2) is 5.80. The summed E-state index contributed by atoms with van der Waals surface area (Å²) in [5.41, 5.74) is 1.32. The highest BCUT2D eigenvalue weighted by Crippen LogP contribution is 2.46. The van der Waals surface area contributed by atoms with Crippen LogP contribution in [0.4, 0.5) is 0 Å². The molecule has 1 aromatic rings. The van der Waals surface area contributed by atoms with Gasteiger partial charge in [0.2, 0.25) is 0 Å². The van der Waals surface area contributed by atoms with E-state index in [2.05, 4.69) is 33.0 Å². The lowest BCUT2D eigenvalue weighted by molar-refractivity contribution is -0.140. The summed E-state index contributed by atoms with van der Waals surface area (Å²) in [7, 11) is 0. The van der Waals surface area contributed by atoms with Gasteiger partial charge in [-0.25, -0.2) is 0 Å². The van der Waals surface area contributed by atoms with Crippen LogP contribution in [0.15, 0.2) is 30.3 Å². The zero-order valence-corrected chi connectivity index (χ0v) is 13.5. The topological polar surface area (TPSA) is 49.3 Å². The molecule has 2 N–H and O–H groups in total. The third-order valence-electron chi connectivity index (χ3n) is 4.34. The Morgan fingerprint density at radius 2 is 1.67 bits per heavy atom. The van der Waals surface area contributed by atoms with E-state index >= 15 is 0 Å². The van der Waals surface area contributed by atoms with Crippen LogP contribution < -0.4 is 5.32 Å². The van der Waals surface area contributed by atoms with E-state index in [9.17, 15) is 9.90 Å². The molecule has 0 heterocycles. The largest absolute Gasteiger partial charge is 0.480 e. The summed E-state index contributed by atoms with van der Waals surface area (Å²) >= 11 is 0. The lowest BCUT2D eigenvalue weighted by Gasteiger charge is -2.45. The SMILES string of the molecule is CC1(C)CC(NC(C(=O)O)c2ccccc2)CC(C)(C)C1. The van der Waals surface area contributed by atoms with Crippen molar-refractivity contribution in [1.82, 2.24) is 5.32 Å². The Morgan fingerprint density at radius 3 is 2.14 bits per heavy atom. The Balaban J connectivity index is 2.16. The molecule has 0 bridgehead atoms. The molecular weight excluding hydrogens is 262 g/mol. The number of rotatable bonds is 4. The number of carbonyl (C=O) groups is 1. The van der Waals surface area contributed by atoms with Gasteiger partial charge in [0, 0.05) is 6.04 Å².